The molecular weight excluding hydrogens is 316 g/mol. The quantitative estimate of drug-likeness (QED) is 0.873. The van der Waals surface area contributed by atoms with Gasteiger partial charge in [-0.2, -0.15) is 0 Å². The number of nitrogens with zero attached hydrogens (tertiary/aromatic N) is 2. The van der Waals surface area contributed by atoms with Crippen LogP contribution in [0.15, 0.2) is 22.7 Å². The number of aryl methyl sites for hydroxylation is 2. The van der Waals surface area contributed by atoms with Crippen LogP contribution in [0.5, 0.6) is 0 Å². The molecule has 0 radical (unpaired) electrons. The van der Waals surface area contributed by atoms with Gasteiger partial charge >= 0.3 is 0 Å². The molecule has 2 rings (SSSR count). The largest absolute Gasteiger partial charge is 0.370 e. The van der Waals surface area contributed by atoms with Crippen molar-refractivity contribution in [1.82, 2.24) is 9.97 Å². The summed E-state index contributed by atoms with van der Waals surface area (Å²) in [6.45, 7) is 8.88. The maximum absolute atomic E-state index is 4.50. The van der Waals surface area contributed by atoms with Gasteiger partial charge in [-0.05, 0) is 55.3 Å². The van der Waals surface area contributed by atoms with Crippen LogP contribution < -0.4 is 10.6 Å². The fraction of sp³-hybridized carbons (Fsp3) is 0.333. The summed E-state index contributed by atoms with van der Waals surface area (Å²) < 4.78 is 1.06. The lowest BCUT2D eigenvalue weighted by Crippen LogP contribution is -2.08. The van der Waals surface area contributed by atoms with Gasteiger partial charge in [-0.3, -0.25) is 0 Å². The van der Waals surface area contributed by atoms with Gasteiger partial charge < -0.3 is 10.6 Å². The van der Waals surface area contributed by atoms with Crippen LogP contribution in [0.3, 0.4) is 0 Å². The maximum atomic E-state index is 4.50. The van der Waals surface area contributed by atoms with Crippen molar-refractivity contribution in [2.24, 2.45) is 0 Å². The Bertz CT molecular complexity index is 626. The first-order chi connectivity index (χ1) is 9.52. The first-order valence-electron chi connectivity index (χ1n) is 6.64. The first kappa shape index (κ1) is 14.8. The second-order valence-corrected chi connectivity index (χ2v) is 5.48. The highest BCUT2D eigenvalue weighted by Crippen LogP contribution is 2.30. The van der Waals surface area contributed by atoms with Gasteiger partial charge in [0.05, 0.1) is 5.69 Å². The van der Waals surface area contributed by atoms with Gasteiger partial charge in [-0.15, -0.1) is 0 Å². The molecule has 1 heterocycles. The van der Waals surface area contributed by atoms with E-state index in [1.165, 1.54) is 5.56 Å². The molecule has 1 aromatic heterocycles. The van der Waals surface area contributed by atoms with Crippen molar-refractivity contribution in [2.75, 3.05) is 17.2 Å². The minimum absolute atomic E-state index is 0.748. The molecule has 0 fully saturated rings. The van der Waals surface area contributed by atoms with E-state index in [0.29, 0.717) is 0 Å². The van der Waals surface area contributed by atoms with Crippen LogP contribution in [0.1, 0.15) is 23.9 Å². The molecule has 20 heavy (non-hydrogen) atoms. The van der Waals surface area contributed by atoms with E-state index in [4.69, 9.17) is 0 Å². The molecule has 0 saturated heterocycles. The Kier molecular flexibility index (Phi) is 4.60. The molecule has 106 valence electrons. The fourth-order valence-electron chi connectivity index (χ4n) is 1.96. The van der Waals surface area contributed by atoms with Gasteiger partial charge in [0.25, 0.3) is 0 Å². The number of benzene rings is 1. The van der Waals surface area contributed by atoms with Gasteiger partial charge in [0.15, 0.2) is 0 Å². The summed E-state index contributed by atoms with van der Waals surface area (Å²) in [6.07, 6.45) is 0. The predicted octanol–water partition coefficient (Wildman–Crippen LogP) is 4.34. The van der Waals surface area contributed by atoms with Crippen LogP contribution in [-0.4, -0.2) is 16.5 Å². The Labute approximate surface area is 128 Å². The van der Waals surface area contributed by atoms with Crippen LogP contribution >= 0.6 is 15.9 Å². The highest BCUT2D eigenvalue weighted by atomic mass is 79.9. The van der Waals surface area contributed by atoms with E-state index in [1.54, 1.807) is 0 Å². The molecule has 0 aliphatic carbocycles. The second-order valence-electron chi connectivity index (χ2n) is 4.68. The highest BCUT2D eigenvalue weighted by molar-refractivity contribution is 9.10. The molecule has 1 aromatic carbocycles. The lowest BCUT2D eigenvalue weighted by molar-refractivity contribution is 1.02. The monoisotopic (exact) mass is 334 g/mol. The summed E-state index contributed by atoms with van der Waals surface area (Å²) >= 11 is 3.61. The number of nitrogens with one attached hydrogen (secondary N) is 2. The standard InChI is InChI=1S/C15H19BrN4/c1-5-17-14-10(3)15(19-11(4)18-14)20-12-8-6-7-9(2)13(12)16/h6-8H,5H2,1-4H3,(H2,17,18,19,20). The van der Waals surface area contributed by atoms with Crippen molar-refractivity contribution >= 4 is 33.3 Å². The van der Waals surface area contributed by atoms with E-state index in [9.17, 15) is 0 Å². The molecule has 0 atom stereocenters. The second kappa shape index (κ2) is 6.22. The fourth-order valence-corrected chi connectivity index (χ4v) is 2.32. The third-order valence-electron chi connectivity index (χ3n) is 3.05. The van der Waals surface area contributed by atoms with Crippen LogP contribution in [0.2, 0.25) is 0 Å². The minimum Gasteiger partial charge on any atom is -0.370 e. The van der Waals surface area contributed by atoms with Gasteiger partial charge in [0.1, 0.15) is 17.5 Å². The Hall–Kier alpha value is -1.62. The molecule has 0 spiro atoms. The van der Waals surface area contributed by atoms with Crippen molar-refractivity contribution in [2.45, 2.75) is 27.7 Å². The van der Waals surface area contributed by atoms with Crippen molar-refractivity contribution in [1.29, 1.82) is 0 Å². The topological polar surface area (TPSA) is 49.8 Å². The van der Waals surface area contributed by atoms with Crippen molar-refractivity contribution in [3.05, 3.63) is 39.6 Å². The Morgan fingerprint density at radius 1 is 1.10 bits per heavy atom. The number of anilines is 3. The van der Waals surface area contributed by atoms with Crippen LogP contribution in [-0.2, 0) is 0 Å². The van der Waals surface area contributed by atoms with Crippen LogP contribution in [0.4, 0.5) is 17.3 Å². The number of halogens is 1. The summed E-state index contributed by atoms with van der Waals surface area (Å²) in [4.78, 5) is 8.93. The van der Waals surface area contributed by atoms with E-state index in [0.717, 1.165) is 39.7 Å². The van der Waals surface area contributed by atoms with Gasteiger partial charge in [-0.1, -0.05) is 12.1 Å². The molecule has 0 amide bonds. The lowest BCUT2D eigenvalue weighted by atomic mass is 10.2. The highest BCUT2D eigenvalue weighted by Gasteiger charge is 2.10. The van der Waals surface area contributed by atoms with Crippen LogP contribution in [0, 0.1) is 20.8 Å². The van der Waals surface area contributed by atoms with E-state index >= 15 is 0 Å². The number of hydrogen-bond acceptors (Lipinski definition) is 4. The number of rotatable bonds is 4. The van der Waals surface area contributed by atoms with E-state index in [2.05, 4.69) is 56.4 Å². The molecule has 4 nitrogen and oxygen atoms in total. The SMILES string of the molecule is CCNc1nc(C)nc(Nc2cccc(C)c2Br)c1C. The maximum Gasteiger partial charge on any atom is 0.139 e. The molecule has 0 bridgehead atoms. The molecular formula is C15H19BrN4. The molecule has 0 aliphatic rings. The Morgan fingerprint density at radius 2 is 1.80 bits per heavy atom. The summed E-state index contributed by atoms with van der Waals surface area (Å²) in [5, 5.41) is 6.65. The summed E-state index contributed by atoms with van der Waals surface area (Å²) in [5.41, 5.74) is 3.21. The summed E-state index contributed by atoms with van der Waals surface area (Å²) in [6, 6.07) is 6.12. The van der Waals surface area contributed by atoms with E-state index < -0.39 is 0 Å². The number of hydrogen-bond donors (Lipinski definition) is 2. The average Bonchev–Trinajstić information content (AvgIpc) is 2.40. The normalized spacial score (nSPS) is 10.4. The van der Waals surface area contributed by atoms with Gasteiger partial charge in [-0.25, -0.2) is 9.97 Å². The zero-order valence-electron chi connectivity index (χ0n) is 12.2. The first-order valence-corrected chi connectivity index (χ1v) is 7.43. The lowest BCUT2D eigenvalue weighted by Gasteiger charge is -2.15. The third kappa shape index (κ3) is 3.10. The van der Waals surface area contributed by atoms with Gasteiger partial charge in [0.2, 0.25) is 0 Å². The zero-order chi connectivity index (χ0) is 14.7. The molecule has 2 aromatic rings. The summed E-state index contributed by atoms with van der Waals surface area (Å²) in [5.74, 6) is 2.46. The predicted molar refractivity (Wildman–Crippen MR) is 87.8 cm³/mol. The van der Waals surface area contributed by atoms with Crippen molar-refractivity contribution in [3.8, 4) is 0 Å². The average molecular weight is 335 g/mol. The van der Waals surface area contributed by atoms with E-state index in [1.807, 2.05) is 26.0 Å². The Balaban J connectivity index is 2.40. The van der Waals surface area contributed by atoms with E-state index in [-0.39, 0.29) is 0 Å². The third-order valence-corrected chi connectivity index (χ3v) is 4.10. The van der Waals surface area contributed by atoms with Crippen molar-refractivity contribution in [3.63, 3.8) is 0 Å². The van der Waals surface area contributed by atoms with Crippen LogP contribution in [0.25, 0.3) is 0 Å². The van der Waals surface area contributed by atoms with Crippen molar-refractivity contribution < 1.29 is 0 Å². The molecule has 5 heteroatoms. The number of aromatic nitrogens is 2. The minimum atomic E-state index is 0.748. The molecule has 2 N–H and O–H groups in total. The summed E-state index contributed by atoms with van der Waals surface area (Å²) in [7, 11) is 0. The molecule has 0 saturated carbocycles. The molecule has 0 unspecified atom stereocenters. The molecule has 0 aliphatic heterocycles. The smallest absolute Gasteiger partial charge is 0.139 e. The zero-order valence-corrected chi connectivity index (χ0v) is 13.8. The Morgan fingerprint density at radius 3 is 2.50 bits per heavy atom. The van der Waals surface area contributed by atoms with Gasteiger partial charge in [0, 0.05) is 16.6 Å².